The summed E-state index contributed by atoms with van der Waals surface area (Å²) in [6.45, 7) is 2.25. The zero-order valence-electron chi connectivity index (χ0n) is 16.0. The molecule has 0 saturated carbocycles. The molecule has 2 aromatic carbocycles. The minimum atomic E-state index is -1.26. The number of fused-ring (bicyclic) bond motifs is 1. The van der Waals surface area contributed by atoms with E-state index in [4.69, 9.17) is 9.47 Å². The number of carbonyl (C=O) groups is 1. The SMILES string of the molecule is O=C(O)C1(OCc2ccc(OC3CCNCC3)cc2)CCCc2ccccc21. The van der Waals surface area contributed by atoms with Crippen LogP contribution in [0, 0.1) is 0 Å². The summed E-state index contributed by atoms with van der Waals surface area (Å²) in [5.41, 5.74) is 1.54. The predicted molar refractivity (Wildman–Crippen MR) is 106 cm³/mol. The maximum Gasteiger partial charge on any atom is 0.340 e. The van der Waals surface area contributed by atoms with Crippen LogP contribution < -0.4 is 10.1 Å². The lowest BCUT2D eigenvalue weighted by Gasteiger charge is -2.35. The van der Waals surface area contributed by atoms with Gasteiger partial charge in [-0.05, 0) is 74.0 Å². The van der Waals surface area contributed by atoms with Crippen LogP contribution in [0.4, 0.5) is 0 Å². The van der Waals surface area contributed by atoms with E-state index in [2.05, 4.69) is 5.32 Å². The van der Waals surface area contributed by atoms with E-state index < -0.39 is 11.6 Å². The molecule has 5 nitrogen and oxygen atoms in total. The minimum absolute atomic E-state index is 0.258. The maximum atomic E-state index is 12.2. The van der Waals surface area contributed by atoms with Gasteiger partial charge in [0, 0.05) is 0 Å². The third kappa shape index (κ3) is 3.91. The number of nitrogens with one attached hydrogen (secondary N) is 1. The Morgan fingerprint density at radius 2 is 1.86 bits per heavy atom. The highest BCUT2D eigenvalue weighted by Gasteiger charge is 2.44. The number of carboxylic acids is 1. The summed E-state index contributed by atoms with van der Waals surface area (Å²) >= 11 is 0. The molecule has 0 amide bonds. The molecule has 4 rings (SSSR count). The molecule has 1 unspecified atom stereocenters. The fraction of sp³-hybridized carbons (Fsp3) is 0.435. The molecule has 0 radical (unpaired) electrons. The van der Waals surface area contributed by atoms with Crippen LogP contribution in [0.25, 0.3) is 0 Å². The molecule has 2 N–H and O–H groups in total. The molecular weight excluding hydrogens is 354 g/mol. The Bertz CT molecular complexity index is 814. The summed E-state index contributed by atoms with van der Waals surface area (Å²) in [6.07, 6.45) is 4.51. The van der Waals surface area contributed by atoms with Gasteiger partial charge in [0.2, 0.25) is 0 Å². The number of carboxylic acid groups (broad SMARTS) is 1. The molecule has 5 heteroatoms. The van der Waals surface area contributed by atoms with Crippen LogP contribution in [0.3, 0.4) is 0 Å². The van der Waals surface area contributed by atoms with Crippen LogP contribution in [0.2, 0.25) is 0 Å². The summed E-state index contributed by atoms with van der Waals surface area (Å²) in [6, 6.07) is 15.5. The van der Waals surface area contributed by atoms with E-state index in [9.17, 15) is 9.90 Å². The van der Waals surface area contributed by atoms with Gasteiger partial charge in [-0.3, -0.25) is 0 Å². The van der Waals surface area contributed by atoms with Gasteiger partial charge >= 0.3 is 5.97 Å². The summed E-state index contributed by atoms with van der Waals surface area (Å²) < 4.78 is 12.1. The molecule has 0 bridgehead atoms. The Morgan fingerprint density at radius 1 is 1.11 bits per heavy atom. The van der Waals surface area contributed by atoms with Crippen molar-refractivity contribution < 1.29 is 19.4 Å². The fourth-order valence-electron chi connectivity index (χ4n) is 4.21. The van der Waals surface area contributed by atoms with E-state index in [0.717, 1.165) is 61.2 Å². The Morgan fingerprint density at radius 3 is 2.61 bits per heavy atom. The van der Waals surface area contributed by atoms with Crippen molar-refractivity contribution in [2.75, 3.05) is 13.1 Å². The predicted octanol–water partition coefficient (Wildman–Crippen LogP) is 3.65. The number of ether oxygens (including phenoxy) is 2. The Labute approximate surface area is 165 Å². The van der Waals surface area contributed by atoms with E-state index in [1.54, 1.807) is 0 Å². The van der Waals surface area contributed by atoms with Gasteiger partial charge in [-0.1, -0.05) is 36.4 Å². The van der Waals surface area contributed by atoms with Crippen molar-refractivity contribution in [2.45, 2.75) is 50.4 Å². The molecule has 1 heterocycles. The topological polar surface area (TPSA) is 67.8 Å². The first-order valence-corrected chi connectivity index (χ1v) is 10.1. The van der Waals surface area contributed by atoms with E-state index in [1.807, 2.05) is 48.5 Å². The molecule has 1 aliphatic carbocycles. The quantitative estimate of drug-likeness (QED) is 0.799. The first-order valence-electron chi connectivity index (χ1n) is 10.1. The Kier molecular flexibility index (Phi) is 5.64. The van der Waals surface area contributed by atoms with E-state index in [1.165, 1.54) is 0 Å². The molecule has 28 heavy (non-hydrogen) atoms. The number of hydrogen-bond donors (Lipinski definition) is 2. The molecule has 2 aliphatic rings. The lowest BCUT2D eigenvalue weighted by atomic mass is 9.79. The Balaban J connectivity index is 1.45. The number of aryl methyl sites for hydroxylation is 1. The highest BCUT2D eigenvalue weighted by molar-refractivity contribution is 5.80. The van der Waals surface area contributed by atoms with Gasteiger partial charge in [0.1, 0.15) is 11.9 Å². The molecule has 0 aromatic heterocycles. The highest BCUT2D eigenvalue weighted by Crippen LogP contribution is 2.39. The van der Waals surface area contributed by atoms with Gasteiger partial charge in [0.15, 0.2) is 5.60 Å². The van der Waals surface area contributed by atoms with Gasteiger partial charge in [0.05, 0.1) is 6.61 Å². The number of rotatable bonds is 6. The normalized spacial score (nSPS) is 22.4. The van der Waals surface area contributed by atoms with E-state index >= 15 is 0 Å². The van der Waals surface area contributed by atoms with Crippen LogP contribution in [0.15, 0.2) is 48.5 Å². The zero-order valence-corrected chi connectivity index (χ0v) is 16.0. The largest absolute Gasteiger partial charge is 0.490 e. The van der Waals surface area contributed by atoms with Gasteiger partial charge in [-0.15, -0.1) is 0 Å². The number of piperidine rings is 1. The van der Waals surface area contributed by atoms with Gasteiger partial charge in [0.25, 0.3) is 0 Å². The third-order valence-corrected chi connectivity index (χ3v) is 5.77. The van der Waals surface area contributed by atoms with Gasteiger partial charge in [-0.25, -0.2) is 4.79 Å². The first-order chi connectivity index (χ1) is 13.7. The second kappa shape index (κ2) is 8.33. The van der Waals surface area contributed by atoms with Gasteiger partial charge < -0.3 is 19.9 Å². The average Bonchev–Trinajstić information content (AvgIpc) is 2.74. The lowest BCUT2D eigenvalue weighted by Crippen LogP contribution is -2.41. The van der Waals surface area contributed by atoms with Crippen molar-refractivity contribution in [3.63, 3.8) is 0 Å². The molecule has 1 saturated heterocycles. The van der Waals surface area contributed by atoms with Crippen LogP contribution in [0.1, 0.15) is 42.4 Å². The summed E-state index contributed by atoms with van der Waals surface area (Å²) in [5, 5.41) is 13.3. The lowest BCUT2D eigenvalue weighted by molar-refractivity contribution is -0.172. The van der Waals surface area contributed by atoms with Gasteiger partial charge in [-0.2, -0.15) is 0 Å². The number of aliphatic carboxylic acids is 1. The monoisotopic (exact) mass is 381 g/mol. The zero-order chi connectivity index (χ0) is 19.4. The van der Waals surface area contributed by atoms with Crippen molar-refractivity contribution in [1.82, 2.24) is 5.32 Å². The van der Waals surface area contributed by atoms with Crippen LogP contribution >= 0.6 is 0 Å². The maximum absolute atomic E-state index is 12.2. The highest BCUT2D eigenvalue weighted by atomic mass is 16.5. The molecule has 1 aliphatic heterocycles. The molecule has 148 valence electrons. The smallest absolute Gasteiger partial charge is 0.340 e. The van der Waals surface area contributed by atoms with Crippen molar-refractivity contribution in [1.29, 1.82) is 0 Å². The summed E-state index contributed by atoms with van der Waals surface area (Å²) in [7, 11) is 0. The average molecular weight is 381 g/mol. The Hall–Kier alpha value is -2.37. The van der Waals surface area contributed by atoms with E-state index in [0.29, 0.717) is 6.42 Å². The standard InChI is InChI=1S/C23H27NO4/c25-22(26)23(13-3-5-18-4-1-2-6-21(18)23)27-16-17-7-9-19(10-8-17)28-20-11-14-24-15-12-20/h1-2,4,6-10,20,24H,3,5,11-16H2,(H,25,26). The molecular formula is C23H27NO4. The number of benzene rings is 2. The fourth-order valence-corrected chi connectivity index (χ4v) is 4.21. The second-order valence-electron chi connectivity index (χ2n) is 7.64. The molecule has 0 spiro atoms. The summed E-state index contributed by atoms with van der Waals surface area (Å²) in [4.78, 5) is 12.2. The molecule has 1 atom stereocenters. The molecule has 1 fully saturated rings. The molecule has 2 aromatic rings. The third-order valence-electron chi connectivity index (χ3n) is 5.77. The van der Waals surface area contributed by atoms with Crippen molar-refractivity contribution in [2.24, 2.45) is 0 Å². The summed E-state index contributed by atoms with van der Waals surface area (Å²) in [5.74, 6) is -0.0582. The second-order valence-corrected chi connectivity index (χ2v) is 7.64. The number of hydrogen-bond acceptors (Lipinski definition) is 4. The minimum Gasteiger partial charge on any atom is -0.490 e. The van der Waals surface area contributed by atoms with Crippen molar-refractivity contribution in [3.05, 3.63) is 65.2 Å². The van der Waals surface area contributed by atoms with E-state index in [-0.39, 0.29) is 12.7 Å². The van der Waals surface area contributed by atoms with Crippen molar-refractivity contribution in [3.8, 4) is 5.75 Å². The first kappa shape index (κ1) is 19.0. The van der Waals surface area contributed by atoms with Crippen molar-refractivity contribution >= 4 is 5.97 Å². The van der Waals surface area contributed by atoms with Crippen LogP contribution in [0.5, 0.6) is 5.75 Å². The van der Waals surface area contributed by atoms with Crippen LogP contribution in [-0.2, 0) is 28.2 Å². The van der Waals surface area contributed by atoms with Crippen LogP contribution in [-0.4, -0.2) is 30.3 Å².